The van der Waals surface area contributed by atoms with E-state index in [1.54, 1.807) is 0 Å². The van der Waals surface area contributed by atoms with E-state index in [0.717, 1.165) is 0 Å². The van der Waals surface area contributed by atoms with Gasteiger partial charge in [-0.15, -0.1) is 0 Å². The zero-order chi connectivity index (χ0) is 14.6. The van der Waals surface area contributed by atoms with E-state index >= 15 is 0 Å². The molecule has 0 saturated heterocycles. The Bertz CT molecular complexity index is 142. The van der Waals surface area contributed by atoms with E-state index in [2.05, 4.69) is 41.5 Å². The van der Waals surface area contributed by atoms with Gasteiger partial charge in [0.15, 0.2) is 0 Å². The fraction of sp³-hybridized carbons (Fsp3) is 1.00. The molecule has 2 N–H and O–H groups in total. The van der Waals surface area contributed by atoms with E-state index in [1.807, 2.05) is 0 Å². The van der Waals surface area contributed by atoms with E-state index in [1.165, 1.54) is 0 Å². The number of aliphatic hydroxyl groups is 2. The molecule has 4 nitrogen and oxygen atoms in total. The van der Waals surface area contributed by atoms with Crippen LogP contribution in [0.15, 0.2) is 0 Å². The second-order valence-electron chi connectivity index (χ2n) is 5.44. The third kappa shape index (κ3) is 13.9. The summed E-state index contributed by atoms with van der Waals surface area (Å²) < 4.78 is 9.62. The fourth-order valence-electron chi connectivity index (χ4n) is 0.862. The van der Waals surface area contributed by atoms with Crippen molar-refractivity contribution in [2.24, 2.45) is 23.7 Å². The second kappa shape index (κ2) is 13.3. The average Bonchev–Trinajstić information content (AvgIpc) is 2.33. The van der Waals surface area contributed by atoms with Crippen molar-refractivity contribution in [2.75, 3.05) is 26.8 Å². The molecule has 0 heterocycles. The maximum absolute atomic E-state index is 8.27. The van der Waals surface area contributed by atoms with Gasteiger partial charge in [-0.05, 0) is 23.7 Å². The molecule has 0 spiro atoms. The van der Waals surface area contributed by atoms with E-state index in [0.29, 0.717) is 36.9 Å². The molecule has 0 aromatic rings. The van der Waals surface area contributed by atoms with Crippen molar-refractivity contribution in [1.29, 1.82) is 0 Å². The highest BCUT2D eigenvalue weighted by molar-refractivity contribution is 4.54. The Morgan fingerprint density at radius 3 is 1.11 bits per heavy atom. The summed E-state index contributed by atoms with van der Waals surface area (Å²) in [4.78, 5) is 0. The first kappa shape index (κ1) is 20.2. The van der Waals surface area contributed by atoms with E-state index in [4.69, 9.17) is 19.7 Å². The standard InChI is InChI=1S/2C7H16O2/c2*1-6(2)7(3)4-9-5-8/h2*6-8H,4-5H2,1-3H3. The molecule has 4 heteroatoms. The van der Waals surface area contributed by atoms with Gasteiger partial charge < -0.3 is 19.7 Å². The van der Waals surface area contributed by atoms with Gasteiger partial charge >= 0.3 is 0 Å². The number of ether oxygens (including phenoxy) is 2. The van der Waals surface area contributed by atoms with Crippen LogP contribution in [0.3, 0.4) is 0 Å². The molecule has 0 saturated carbocycles. The first-order valence-corrected chi connectivity index (χ1v) is 6.73. The van der Waals surface area contributed by atoms with Gasteiger partial charge in [-0.2, -0.15) is 0 Å². The maximum atomic E-state index is 8.27. The van der Waals surface area contributed by atoms with Crippen molar-refractivity contribution in [3.8, 4) is 0 Å². The summed E-state index contributed by atoms with van der Waals surface area (Å²) in [6.07, 6.45) is 0. The summed E-state index contributed by atoms with van der Waals surface area (Å²) in [6.45, 7) is 13.8. The molecule has 2 unspecified atom stereocenters. The first-order valence-electron chi connectivity index (χ1n) is 6.73. The summed E-state index contributed by atoms with van der Waals surface area (Å²) in [6, 6.07) is 0. The van der Waals surface area contributed by atoms with Gasteiger partial charge in [-0.25, -0.2) is 0 Å². The molecule has 0 aromatic heterocycles. The van der Waals surface area contributed by atoms with E-state index in [9.17, 15) is 0 Å². The number of rotatable bonds is 8. The van der Waals surface area contributed by atoms with Crippen molar-refractivity contribution in [3.05, 3.63) is 0 Å². The monoisotopic (exact) mass is 264 g/mol. The lowest BCUT2D eigenvalue weighted by atomic mass is 10.00. The highest BCUT2D eigenvalue weighted by atomic mass is 16.6. The highest BCUT2D eigenvalue weighted by Crippen LogP contribution is 2.09. The predicted molar refractivity (Wildman–Crippen MR) is 74.1 cm³/mol. The zero-order valence-corrected chi connectivity index (χ0v) is 12.8. The van der Waals surface area contributed by atoms with Crippen LogP contribution in [-0.4, -0.2) is 37.0 Å². The topological polar surface area (TPSA) is 58.9 Å². The largest absolute Gasteiger partial charge is 0.371 e. The van der Waals surface area contributed by atoms with Crippen LogP contribution in [0.25, 0.3) is 0 Å². The quantitative estimate of drug-likeness (QED) is 0.661. The minimum Gasteiger partial charge on any atom is -0.371 e. The molecule has 0 aliphatic rings. The van der Waals surface area contributed by atoms with Crippen molar-refractivity contribution in [2.45, 2.75) is 41.5 Å². The van der Waals surface area contributed by atoms with Crippen LogP contribution < -0.4 is 0 Å². The van der Waals surface area contributed by atoms with Crippen LogP contribution in [0.5, 0.6) is 0 Å². The van der Waals surface area contributed by atoms with E-state index < -0.39 is 0 Å². The summed E-state index contributed by atoms with van der Waals surface area (Å²) in [5.74, 6) is 2.35. The molecule has 112 valence electrons. The molecule has 2 atom stereocenters. The molecule has 0 aliphatic heterocycles. The van der Waals surface area contributed by atoms with Gasteiger partial charge in [0.25, 0.3) is 0 Å². The Balaban J connectivity index is 0. The molecule has 18 heavy (non-hydrogen) atoms. The molecular formula is C14H32O4. The van der Waals surface area contributed by atoms with Gasteiger partial charge in [-0.3, -0.25) is 0 Å². The number of hydrogen-bond acceptors (Lipinski definition) is 4. The molecule has 0 bridgehead atoms. The minimum absolute atomic E-state index is 0.156. The zero-order valence-electron chi connectivity index (χ0n) is 12.8. The minimum atomic E-state index is -0.156. The predicted octanol–water partition coefficient (Wildman–Crippen LogP) is 2.49. The Hall–Kier alpha value is -0.160. The van der Waals surface area contributed by atoms with Crippen LogP contribution in [0.1, 0.15) is 41.5 Å². The lowest BCUT2D eigenvalue weighted by Crippen LogP contribution is -2.12. The molecule has 0 amide bonds. The van der Waals surface area contributed by atoms with Crippen LogP contribution in [0.4, 0.5) is 0 Å². The molecular weight excluding hydrogens is 232 g/mol. The lowest BCUT2D eigenvalue weighted by Gasteiger charge is -2.13. The van der Waals surface area contributed by atoms with Crippen molar-refractivity contribution in [3.63, 3.8) is 0 Å². The third-order valence-electron chi connectivity index (χ3n) is 3.22. The second-order valence-corrected chi connectivity index (χ2v) is 5.44. The Morgan fingerprint density at radius 2 is 0.944 bits per heavy atom. The van der Waals surface area contributed by atoms with Gasteiger partial charge in [0.2, 0.25) is 0 Å². The maximum Gasteiger partial charge on any atom is 0.143 e. The van der Waals surface area contributed by atoms with Crippen molar-refractivity contribution >= 4 is 0 Å². The van der Waals surface area contributed by atoms with Gasteiger partial charge in [0.05, 0.1) is 13.2 Å². The Kier molecular flexibility index (Phi) is 14.9. The van der Waals surface area contributed by atoms with Gasteiger partial charge in [-0.1, -0.05) is 41.5 Å². The average molecular weight is 264 g/mol. The lowest BCUT2D eigenvalue weighted by molar-refractivity contribution is -0.0212. The number of aliphatic hydroxyl groups excluding tert-OH is 2. The van der Waals surface area contributed by atoms with Crippen LogP contribution in [-0.2, 0) is 9.47 Å². The van der Waals surface area contributed by atoms with Gasteiger partial charge in [0, 0.05) is 0 Å². The highest BCUT2D eigenvalue weighted by Gasteiger charge is 2.06. The number of hydrogen-bond donors (Lipinski definition) is 2. The van der Waals surface area contributed by atoms with Crippen LogP contribution in [0.2, 0.25) is 0 Å². The fourth-order valence-corrected chi connectivity index (χ4v) is 0.862. The van der Waals surface area contributed by atoms with Crippen molar-refractivity contribution < 1.29 is 19.7 Å². The van der Waals surface area contributed by atoms with Gasteiger partial charge in [0.1, 0.15) is 13.6 Å². The van der Waals surface area contributed by atoms with E-state index in [-0.39, 0.29) is 13.6 Å². The van der Waals surface area contributed by atoms with Crippen LogP contribution >= 0.6 is 0 Å². The SMILES string of the molecule is CC(C)C(C)COCO.CC(C)C(C)COCO. The molecule has 0 radical (unpaired) electrons. The summed E-state index contributed by atoms with van der Waals surface area (Å²) in [5, 5.41) is 16.5. The molecule has 0 aliphatic carbocycles. The first-order chi connectivity index (χ1) is 8.36. The van der Waals surface area contributed by atoms with Crippen LogP contribution in [0, 0.1) is 23.7 Å². The smallest absolute Gasteiger partial charge is 0.143 e. The summed E-state index contributed by atoms with van der Waals surface area (Å²) in [7, 11) is 0. The third-order valence-corrected chi connectivity index (χ3v) is 3.22. The Labute approximate surface area is 112 Å². The molecule has 0 fully saturated rings. The molecule has 0 aromatic carbocycles. The summed E-state index contributed by atoms with van der Waals surface area (Å²) in [5.41, 5.74) is 0. The molecule has 0 rings (SSSR count). The normalized spacial score (nSPS) is 14.3. The Morgan fingerprint density at radius 1 is 0.667 bits per heavy atom. The summed E-state index contributed by atoms with van der Waals surface area (Å²) >= 11 is 0. The van der Waals surface area contributed by atoms with Crippen molar-refractivity contribution in [1.82, 2.24) is 0 Å².